The fourth-order valence-electron chi connectivity index (χ4n) is 1.55. The maximum Gasteiger partial charge on any atom is 0.271 e. The highest BCUT2D eigenvalue weighted by molar-refractivity contribution is 9.10. The highest BCUT2D eigenvalue weighted by Crippen LogP contribution is 2.21. The van der Waals surface area contributed by atoms with Crippen molar-refractivity contribution in [3.8, 4) is 6.07 Å². The van der Waals surface area contributed by atoms with E-state index in [9.17, 15) is 8.42 Å². The molecule has 0 aliphatic rings. The Hall–Kier alpha value is -1.82. The van der Waals surface area contributed by atoms with E-state index in [4.69, 9.17) is 14.8 Å². The molecule has 0 aliphatic carbocycles. The summed E-state index contributed by atoms with van der Waals surface area (Å²) in [5.74, 6) is 0.404. The first kappa shape index (κ1) is 14.6. The largest absolute Gasteiger partial charge is 0.446 e. The van der Waals surface area contributed by atoms with Crippen LogP contribution in [0, 0.1) is 11.3 Å². The van der Waals surface area contributed by atoms with Gasteiger partial charge in [-0.3, -0.25) is 0 Å². The van der Waals surface area contributed by atoms with Gasteiger partial charge in [0, 0.05) is 4.47 Å². The lowest BCUT2D eigenvalue weighted by Gasteiger charge is -2.06. The van der Waals surface area contributed by atoms with Gasteiger partial charge in [0.05, 0.1) is 17.8 Å². The lowest BCUT2D eigenvalue weighted by Crippen LogP contribution is -2.10. The van der Waals surface area contributed by atoms with Crippen LogP contribution in [0.15, 0.2) is 44.3 Å². The number of rotatable bonds is 4. The third-order valence-electron chi connectivity index (χ3n) is 2.47. The number of nitriles is 1. The normalized spacial score (nSPS) is 11.1. The maximum atomic E-state index is 11.1. The van der Waals surface area contributed by atoms with Crippen LogP contribution in [0.2, 0.25) is 0 Å². The lowest BCUT2D eigenvalue weighted by molar-refractivity contribution is 0.419. The smallest absolute Gasteiger partial charge is 0.271 e. The van der Waals surface area contributed by atoms with Gasteiger partial charge in [0.1, 0.15) is 11.8 Å². The molecule has 0 radical (unpaired) electrons. The minimum atomic E-state index is -3.84. The molecule has 0 bridgehead atoms. The second-order valence-electron chi connectivity index (χ2n) is 3.92. The average molecular weight is 356 g/mol. The molecule has 20 heavy (non-hydrogen) atoms. The second kappa shape index (κ2) is 5.66. The minimum absolute atomic E-state index is 0.242. The van der Waals surface area contributed by atoms with Gasteiger partial charge < -0.3 is 9.73 Å². The highest BCUT2D eigenvalue weighted by atomic mass is 79.9. The van der Waals surface area contributed by atoms with Crippen molar-refractivity contribution in [3.63, 3.8) is 0 Å². The van der Waals surface area contributed by atoms with E-state index in [1.54, 1.807) is 18.2 Å². The van der Waals surface area contributed by atoms with E-state index in [0.717, 1.165) is 4.47 Å². The van der Waals surface area contributed by atoms with Crippen molar-refractivity contribution in [2.75, 3.05) is 5.32 Å². The number of hydrogen-bond acceptors (Lipinski definition) is 5. The van der Waals surface area contributed by atoms with Crippen LogP contribution in [0.25, 0.3) is 0 Å². The standard InChI is InChI=1S/C12H10BrN3O3S/c13-9-1-3-11(8(5-9)6-14)16-7-10-2-4-12(19-10)20(15,17)18/h1-5,16H,7H2,(H2,15,17,18). The molecule has 2 rings (SSSR count). The van der Waals surface area contributed by atoms with E-state index < -0.39 is 10.0 Å². The van der Waals surface area contributed by atoms with E-state index in [1.807, 2.05) is 0 Å². The molecule has 6 nitrogen and oxygen atoms in total. The van der Waals surface area contributed by atoms with E-state index in [0.29, 0.717) is 17.0 Å². The van der Waals surface area contributed by atoms with Crippen LogP contribution in [0.1, 0.15) is 11.3 Å². The van der Waals surface area contributed by atoms with Crippen LogP contribution >= 0.6 is 15.9 Å². The Bertz CT molecular complexity index is 777. The summed E-state index contributed by atoms with van der Waals surface area (Å²) >= 11 is 3.28. The van der Waals surface area contributed by atoms with Gasteiger partial charge >= 0.3 is 0 Å². The van der Waals surface area contributed by atoms with Crippen molar-refractivity contribution < 1.29 is 12.8 Å². The summed E-state index contributed by atoms with van der Waals surface area (Å²) in [5.41, 5.74) is 1.10. The molecule has 1 heterocycles. The van der Waals surface area contributed by atoms with Crippen LogP contribution in [-0.4, -0.2) is 8.42 Å². The number of primary sulfonamides is 1. The monoisotopic (exact) mass is 355 g/mol. The van der Waals surface area contributed by atoms with Gasteiger partial charge in [-0.05, 0) is 30.3 Å². The molecule has 8 heteroatoms. The zero-order valence-electron chi connectivity index (χ0n) is 10.1. The van der Waals surface area contributed by atoms with Crippen LogP contribution in [0.5, 0.6) is 0 Å². The molecule has 2 aromatic rings. The Labute approximate surface area is 124 Å². The molecule has 1 aromatic heterocycles. The fourth-order valence-corrected chi connectivity index (χ4v) is 2.39. The Morgan fingerprint density at radius 1 is 1.35 bits per heavy atom. The van der Waals surface area contributed by atoms with Gasteiger partial charge in [-0.15, -0.1) is 0 Å². The van der Waals surface area contributed by atoms with Crippen molar-refractivity contribution in [3.05, 3.63) is 46.1 Å². The summed E-state index contributed by atoms with van der Waals surface area (Å²) in [5, 5.41) is 16.7. The molecule has 0 saturated carbocycles. The predicted molar refractivity (Wildman–Crippen MR) is 76.3 cm³/mol. The first-order valence-electron chi connectivity index (χ1n) is 5.45. The zero-order valence-corrected chi connectivity index (χ0v) is 12.5. The molecular weight excluding hydrogens is 346 g/mol. The molecule has 0 atom stereocenters. The van der Waals surface area contributed by atoms with Crippen LogP contribution in [0.4, 0.5) is 5.69 Å². The summed E-state index contributed by atoms with van der Waals surface area (Å²) in [7, 11) is -3.84. The zero-order chi connectivity index (χ0) is 14.8. The first-order chi connectivity index (χ1) is 9.40. The first-order valence-corrected chi connectivity index (χ1v) is 7.79. The summed E-state index contributed by atoms with van der Waals surface area (Å²) in [6, 6.07) is 10.1. The van der Waals surface area contributed by atoms with Crippen molar-refractivity contribution >= 4 is 31.6 Å². The molecular formula is C12H10BrN3O3S. The van der Waals surface area contributed by atoms with Gasteiger partial charge in [0.2, 0.25) is 5.09 Å². The quantitative estimate of drug-likeness (QED) is 0.873. The predicted octanol–water partition coefficient (Wildman–Crippen LogP) is 2.17. The van der Waals surface area contributed by atoms with E-state index in [2.05, 4.69) is 27.3 Å². The van der Waals surface area contributed by atoms with Gasteiger partial charge in [-0.25, -0.2) is 13.6 Å². The number of nitrogens with zero attached hydrogens (tertiary/aromatic N) is 1. The fraction of sp³-hybridized carbons (Fsp3) is 0.0833. The number of furan rings is 1. The summed E-state index contributed by atoms with van der Waals surface area (Å²) in [4.78, 5) is 0. The molecule has 0 spiro atoms. The van der Waals surface area contributed by atoms with E-state index in [-0.39, 0.29) is 11.6 Å². The van der Waals surface area contributed by atoms with Crippen molar-refractivity contribution in [1.29, 1.82) is 5.26 Å². The second-order valence-corrected chi connectivity index (χ2v) is 6.33. The van der Waals surface area contributed by atoms with Crippen LogP contribution in [-0.2, 0) is 16.6 Å². The van der Waals surface area contributed by atoms with Gasteiger partial charge in [-0.1, -0.05) is 15.9 Å². The molecule has 0 unspecified atom stereocenters. The number of benzene rings is 1. The number of hydrogen-bond donors (Lipinski definition) is 2. The van der Waals surface area contributed by atoms with E-state index in [1.165, 1.54) is 12.1 Å². The van der Waals surface area contributed by atoms with Gasteiger partial charge in [-0.2, -0.15) is 5.26 Å². The number of nitrogens with two attached hydrogens (primary N) is 1. The molecule has 104 valence electrons. The lowest BCUT2D eigenvalue weighted by atomic mass is 10.2. The van der Waals surface area contributed by atoms with Gasteiger partial charge in [0.25, 0.3) is 10.0 Å². The topological polar surface area (TPSA) is 109 Å². The van der Waals surface area contributed by atoms with Crippen molar-refractivity contribution in [1.82, 2.24) is 0 Å². The Morgan fingerprint density at radius 2 is 2.10 bits per heavy atom. The van der Waals surface area contributed by atoms with Gasteiger partial charge in [0.15, 0.2) is 0 Å². The summed E-state index contributed by atoms with van der Waals surface area (Å²) in [6.07, 6.45) is 0. The number of sulfonamides is 1. The number of anilines is 1. The molecule has 3 N–H and O–H groups in total. The summed E-state index contributed by atoms with van der Waals surface area (Å²) < 4.78 is 28.0. The molecule has 0 fully saturated rings. The number of nitrogens with one attached hydrogen (secondary N) is 1. The van der Waals surface area contributed by atoms with E-state index >= 15 is 0 Å². The molecule has 1 aromatic carbocycles. The molecule has 0 saturated heterocycles. The highest BCUT2D eigenvalue weighted by Gasteiger charge is 2.13. The van der Waals surface area contributed by atoms with Crippen molar-refractivity contribution in [2.45, 2.75) is 11.6 Å². The number of halogens is 1. The molecule has 0 aliphatic heterocycles. The third kappa shape index (κ3) is 3.39. The Morgan fingerprint density at radius 3 is 2.70 bits per heavy atom. The average Bonchev–Trinajstić information content (AvgIpc) is 2.86. The van der Waals surface area contributed by atoms with Crippen LogP contribution < -0.4 is 10.5 Å². The third-order valence-corrected chi connectivity index (χ3v) is 3.75. The van der Waals surface area contributed by atoms with Crippen LogP contribution in [0.3, 0.4) is 0 Å². The summed E-state index contributed by atoms with van der Waals surface area (Å²) in [6.45, 7) is 0.242. The van der Waals surface area contributed by atoms with Crippen molar-refractivity contribution in [2.24, 2.45) is 5.14 Å². The Balaban J connectivity index is 2.14. The molecule has 0 amide bonds. The minimum Gasteiger partial charge on any atom is -0.446 e. The maximum absolute atomic E-state index is 11.1. The SMILES string of the molecule is N#Cc1cc(Br)ccc1NCc1ccc(S(N)(=O)=O)o1. The Kier molecular flexibility index (Phi) is 4.13.